The van der Waals surface area contributed by atoms with Crippen LogP contribution in [0.4, 0.5) is 5.69 Å². The van der Waals surface area contributed by atoms with Crippen LogP contribution >= 0.6 is 23.2 Å². The van der Waals surface area contributed by atoms with Crippen LogP contribution in [0.5, 0.6) is 0 Å². The Morgan fingerprint density at radius 2 is 2.20 bits per heavy atom. The van der Waals surface area contributed by atoms with Gasteiger partial charge in [0.1, 0.15) is 5.56 Å². The Morgan fingerprint density at radius 1 is 1.50 bits per heavy atom. The van der Waals surface area contributed by atoms with E-state index in [4.69, 9.17) is 23.2 Å². The first-order chi connectivity index (χ1) is 9.49. The second-order valence-corrected chi connectivity index (χ2v) is 5.19. The lowest BCUT2D eigenvalue weighted by Crippen LogP contribution is -2.29. The normalized spacial score (nSPS) is 11.9. The van der Waals surface area contributed by atoms with Crippen LogP contribution in [0.1, 0.15) is 30.1 Å². The van der Waals surface area contributed by atoms with Gasteiger partial charge in [0.25, 0.3) is 11.6 Å². The molecule has 5 nitrogen and oxygen atoms in total. The molecule has 110 valence electrons. The number of hydrogen-bond acceptors (Lipinski definition) is 3. The predicted molar refractivity (Wildman–Crippen MR) is 79.6 cm³/mol. The van der Waals surface area contributed by atoms with Crippen molar-refractivity contribution in [1.82, 2.24) is 5.32 Å². The molecule has 0 saturated carbocycles. The molecule has 1 rings (SSSR count). The highest BCUT2D eigenvalue weighted by atomic mass is 35.5. The van der Waals surface area contributed by atoms with Gasteiger partial charge in [0.2, 0.25) is 0 Å². The summed E-state index contributed by atoms with van der Waals surface area (Å²) in [6, 6.07) is 3.99. The summed E-state index contributed by atoms with van der Waals surface area (Å²) in [5.74, 6) is 0.319. The van der Waals surface area contributed by atoms with Gasteiger partial charge in [0.15, 0.2) is 0 Å². The van der Waals surface area contributed by atoms with Gasteiger partial charge >= 0.3 is 0 Å². The maximum Gasteiger partial charge on any atom is 0.283 e. The standard InChI is InChI=1S/C13H16Cl2N2O3/c1-2-9(5-6-14)8-16-13(18)11-4-3-10(15)7-12(11)17(19)20/h3-4,7,9H,2,5-6,8H2,1H3,(H,16,18). The zero-order chi connectivity index (χ0) is 15.1. The van der Waals surface area contributed by atoms with Crippen LogP contribution in [-0.4, -0.2) is 23.3 Å². The summed E-state index contributed by atoms with van der Waals surface area (Å²) in [6.45, 7) is 2.45. The minimum atomic E-state index is -0.614. The Balaban J connectivity index is 2.79. The molecule has 0 saturated heterocycles. The van der Waals surface area contributed by atoms with E-state index in [-0.39, 0.29) is 22.2 Å². The number of nitro benzene ring substituents is 1. The first-order valence-electron chi connectivity index (χ1n) is 6.27. The molecule has 20 heavy (non-hydrogen) atoms. The van der Waals surface area contributed by atoms with Crippen molar-refractivity contribution < 1.29 is 9.72 Å². The zero-order valence-corrected chi connectivity index (χ0v) is 12.6. The lowest BCUT2D eigenvalue weighted by atomic mass is 10.0. The second-order valence-electron chi connectivity index (χ2n) is 4.38. The highest BCUT2D eigenvalue weighted by Gasteiger charge is 2.20. The number of amides is 1. The molecule has 1 aromatic rings. The number of alkyl halides is 1. The van der Waals surface area contributed by atoms with Gasteiger partial charge < -0.3 is 5.32 Å². The molecule has 7 heteroatoms. The fourth-order valence-electron chi connectivity index (χ4n) is 1.78. The molecule has 0 heterocycles. The molecule has 0 aliphatic carbocycles. The fraction of sp³-hybridized carbons (Fsp3) is 0.462. The SMILES string of the molecule is CCC(CCCl)CNC(=O)c1ccc(Cl)cc1[N+](=O)[O-]. The number of rotatable bonds is 7. The van der Waals surface area contributed by atoms with E-state index in [1.54, 1.807) is 0 Å². The van der Waals surface area contributed by atoms with E-state index in [9.17, 15) is 14.9 Å². The smallest absolute Gasteiger partial charge is 0.283 e. The fourth-order valence-corrected chi connectivity index (χ4v) is 2.26. The molecular formula is C13H16Cl2N2O3. The van der Waals surface area contributed by atoms with E-state index in [1.807, 2.05) is 6.92 Å². The number of hydrogen-bond donors (Lipinski definition) is 1. The maximum atomic E-state index is 12.0. The van der Waals surface area contributed by atoms with Crippen LogP contribution in [0.25, 0.3) is 0 Å². The average molecular weight is 319 g/mol. The first-order valence-corrected chi connectivity index (χ1v) is 7.19. The number of nitro groups is 1. The lowest BCUT2D eigenvalue weighted by Gasteiger charge is -2.14. The van der Waals surface area contributed by atoms with Crippen LogP contribution in [0.2, 0.25) is 5.02 Å². The van der Waals surface area contributed by atoms with Crippen LogP contribution in [0.15, 0.2) is 18.2 Å². The van der Waals surface area contributed by atoms with Crippen LogP contribution in [0.3, 0.4) is 0 Å². The summed E-state index contributed by atoms with van der Waals surface area (Å²) in [6.07, 6.45) is 1.68. The average Bonchev–Trinajstić information content (AvgIpc) is 2.42. The van der Waals surface area contributed by atoms with Crippen molar-refractivity contribution in [3.05, 3.63) is 38.9 Å². The van der Waals surface area contributed by atoms with Gasteiger partial charge in [0, 0.05) is 23.5 Å². The van der Waals surface area contributed by atoms with E-state index in [0.717, 1.165) is 12.8 Å². The molecule has 1 N–H and O–H groups in total. The van der Waals surface area contributed by atoms with E-state index in [2.05, 4.69) is 5.32 Å². The summed E-state index contributed by atoms with van der Waals surface area (Å²) in [5.41, 5.74) is -0.277. The largest absolute Gasteiger partial charge is 0.352 e. The lowest BCUT2D eigenvalue weighted by molar-refractivity contribution is -0.385. The van der Waals surface area contributed by atoms with Crippen LogP contribution in [0, 0.1) is 16.0 Å². The molecule has 1 aromatic carbocycles. The number of carbonyl (C=O) groups excluding carboxylic acids is 1. The number of nitrogens with one attached hydrogen (secondary N) is 1. The van der Waals surface area contributed by atoms with Crippen molar-refractivity contribution in [3.8, 4) is 0 Å². The Morgan fingerprint density at radius 3 is 2.75 bits per heavy atom. The van der Waals surface area contributed by atoms with E-state index < -0.39 is 10.8 Å². The van der Waals surface area contributed by atoms with Crippen molar-refractivity contribution in [2.24, 2.45) is 5.92 Å². The van der Waals surface area contributed by atoms with Crippen LogP contribution in [-0.2, 0) is 0 Å². The van der Waals surface area contributed by atoms with Gasteiger partial charge in [-0.25, -0.2) is 0 Å². The molecule has 0 fully saturated rings. The van der Waals surface area contributed by atoms with Crippen molar-refractivity contribution in [2.45, 2.75) is 19.8 Å². The Kier molecular flexibility index (Phi) is 6.75. The highest BCUT2D eigenvalue weighted by Crippen LogP contribution is 2.23. The molecule has 0 spiro atoms. The van der Waals surface area contributed by atoms with E-state index in [1.165, 1.54) is 18.2 Å². The third-order valence-corrected chi connectivity index (χ3v) is 3.50. The van der Waals surface area contributed by atoms with Gasteiger partial charge in [-0.15, -0.1) is 11.6 Å². The van der Waals surface area contributed by atoms with E-state index in [0.29, 0.717) is 12.4 Å². The number of carbonyl (C=O) groups is 1. The summed E-state index contributed by atoms with van der Waals surface area (Å²) >= 11 is 11.4. The van der Waals surface area contributed by atoms with Gasteiger partial charge in [0.05, 0.1) is 4.92 Å². The summed E-state index contributed by atoms with van der Waals surface area (Å²) in [5, 5.41) is 13.9. The Hall–Kier alpha value is -1.33. The van der Waals surface area contributed by atoms with E-state index >= 15 is 0 Å². The van der Waals surface area contributed by atoms with Crippen LogP contribution < -0.4 is 5.32 Å². The van der Waals surface area contributed by atoms with Gasteiger partial charge in [-0.3, -0.25) is 14.9 Å². The minimum Gasteiger partial charge on any atom is -0.352 e. The zero-order valence-electron chi connectivity index (χ0n) is 11.1. The predicted octanol–water partition coefficient (Wildman–Crippen LogP) is 3.63. The number of benzene rings is 1. The summed E-state index contributed by atoms with van der Waals surface area (Å²) < 4.78 is 0. The molecule has 1 unspecified atom stereocenters. The molecule has 0 bridgehead atoms. The molecule has 0 aromatic heterocycles. The number of halogens is 2. The van der Waals surface area contributed by atoms with Crippen molar-refractivity contribution in [1.29, 1.82) is 0 Å². The molecular weight excluding hydrogens is 303 g/mol. The second kappa shape index (κ2) is 8.07. The quantitative estimate of drug-likeness (QED) is 0.474. The minimum absolute atomic E-state index is 0.0140. The maximum absolute atomic E-state index is 12.0. The van der Waals surface area contributed by atoms with Crippen molar-refractivity contribution >= 4 is 34.8 Å². The Labute approximate surface area is 127 Å². The molecule has 1 atom stereocenters. The topological polar surface area (TPSA) is 72.2 Å². The van der Waals surface area contributed by atoms with Crippen molar-refractivity contribution in [3.63, 3.8) is 0 Å². The number of nitrogens with zero attached hydrogens (tertiary/aromatic N) is 1. The summed E-state index contributed by atoms with van der Waals surface area (Å²) in [7, 11) is 0. The first kappa shape index (κ1) is 16.7. The third-order valence-electron chi connectivity index (χ3n) is 3.05. The molecule has 1 amide bonds. The molecule has 0 aliphatic rings. The summed E-state index contributed by atoms with van der Waals surface area (Å²) in [4.78, 5) is 22.3. The molecule has 0 aliphatic heterocycles. The van der Waals surface area contributed by atoms with Gasteiger partial charge in [-0.05, 0) is 24.5 Å². The van der Waals surface area contributed by atoms with Gasteiger partial charge in [-0.1, -0.05) is 24.9 Å². The third kappa shape index (κ3) is 4.65. The highest BCUT2D eigenvalue weighted by molar-refractivity contribution is 6.31. The van der Waals surface area contributed by atoms with Crippen molar-refractivity contribution in [2.75, 3.05) is 12.4 Å². The molecule has 0 radical (unpaired) electrons. The monoisotopic (exact) mass is 318 g/mol. The Bertz CT molecular complexity index is 495. The van der Waals surface area contributed by atoms with Gasteiger partial charge in [-0.2, -0.15) is 0 Å².